The maximum Gasteiger partial charge on any atom is 0.0265 e. The molecule has 1 aliphatic carbocycles. The highest BCUT2D eigenvalue weighted by Gasteiger charge is 2.07. The molecule has 2 N–H and O–H groups in total. The van der Waals surface area contributed by atoms with Gasteiger partial charge in [0.05, 0.1) is 0 Å². The first-order chi connectivity index (χ1) is 6.65. The molecule has 0 atom stereocenters. The van der Waals surface area contributed by atoms with Gasteiger partial charge < -0.3 is 5.43 Å². The summed E-state index contributed by atoms with van der Waals surface area (Å²) < 4.78 is 0. The Morgan fingerprint density at radius 1 is 1.14 bits per heavy atom. The van der Waals surface area contributed by atoms with E-state index in [1.807, 2.05) is 7.05 Å². The SMILES string of the molecule is CNNC1=CC=C(C(C)=C(C)C)CC1. The van der Waals surface area contributed by atoms with E-state index in [9.17, 15) is 0 Å². The highest BCUT2D eigenvalue weighted by atomic mass is 15.3. The van der Waals surface area contributed by atoms with Crippen LogP contribution in [0.15, 0.2) is 34.6 Å². The fraction of sp³-hybridized carbons (Fsp3) is 0.500. The van der Waals surface area contributed by atoms with E-state index >= 15 is 0 Å². The number of hydrazine groups is 1. The molecule has 1 aliphatic rings. The first-order valence-corrected chi connectivity index (χ1v) is 5.12. The molecule has 0 aromatic heterocycles. The molecule has 78 valence electrons. The van der Waals surface area contributed by atoms with E-state index in [4.69, 9.17) is 0 Å². The van der Waals surface area contributed by atoms with Crippen LogP contribution in [0.2, 0.25) is 0 Å². The highest BCUT2D eigenvalue weighted by Crippen LogP contribution is 2.24. The molecule has 0 aromatic rings. The number of rotatable bonds is 3. The van der Waals surface area contributed by atoms with Crippen molar-refractivity contribution in [3.63, 3.8) is 0 Å². The van der Waals surface area contributed by atoms with Gasteiger partial charge in [-0.3, -0.25) is 0 Å². The molecule has 0 bridgehead atoms. The lowest BCUT2D eigenvalue weighted by atomic mass is 9.94. The van der Waals surface area contributed by atoms with Crippen molar-refractivity contribution in [1.29, 1.82) is 0 Å². The van der Waals surface area contributed by atoms with Crippen LogP contribution in [0.5, 0.6) is 0 Å². The lowest BCUT2D eigenvalue weighted by Crippen LogP contribution is -2.27. The third-order valence-electron chi connectivity index (χ3n) is 2.67. The van der Waals surface area contributed by atoms with Crippen LogP contribution in [0.25, 0.3) is 0 Å². The molecule has 1 rings (SSSR count). The first-order valence-electron chi connectivity index (χ1n) is 5.12. The quantitative estimate of drug-likeness (QED) is 0.672. The molecular weight excluding hydrogens is 172 g/mol. The average Bonchev–Trinajstić information content (AvgIpc) is 2.18. The van der Waals surface area contributed by atoms with Gasteiger partial charge in [0.25, 0.3) is 0 Å². The second-order valence-electron chi connectivity index (χ2n) is 3.88. The lowest BCUT2D eigenvalue weighted by molar-refractivity contribution is 0.649. The van der Waals surface area contributed by atoms with Crippen LogP contribution in [0, 0.1) is 0 Å². The second kappa shape index (κ2) is 5.01. The Labute approximate surface area is 86.7 Å². The van der Waals surface area contributed by atoms with Crippen molar-refractivity contribution in [2.45, 2.75) is 33.6 Å². The standard InChI is InChI=1S/C12H20N2/c1-9(2)10(3)11-5-7-12(8-6-11)14-13-4/h5,7,13-14H,6,8H2,1-4H3. The van der Waals surface area contributed by atoms with Crippen LogP contribution in [0.1, 0.15) is 33.6 Å². The van der Waals surface area contributed by atoms with E-state index in [1.165, 1.54) is 22.4 Å². The van der Waals surface area contributed by atoms with Crippen LogP contribution in [-0.4, -0.2) is 7.05 Å². The summed E-state index contributed by atoms with van der Waals surface area (Å²) in [4.78, 5) is 0. The summed E-state index contributed by atoms with van der Waals surface area (Å²) in [5, 5.41) is 0. The van der Waals surface area contributed by atoms with E-state index in [1.54, 1.807) is 0 Å². The fourth-order valence-electron chi connectivity index (χ4n) is 1.54. The fourth-order valence-corrected chi connectivity index (χ4v) is 1.54. The summed E-state index contributed by atoms with van der Waals surface area (Å²) >= 11 is 0. The summed E-state index contributed by atoms with van der Waals surface area (Å²) in [6, 6.07) is 0. The zero-order valence-corrected chi connectivity index (χ0v) is 9.57. The van der Waals surface area contributed by atoms with Crippen molar-refractivity contribution >= 4 is 0 Å². The maximum absolute atomic E-state index is 3.12. The molecule has 0 fully saturated rings. The minimum absolute atomic E-state index is 1.09. The molecule has 0 amide bonds. The largest absolute Gasteiger partial charge is 0.326 e. The van der Waals surface area contributed by atoms with E-state index in [-0.39, 0.29) is 0 Å². The van der Waals surface area contributed by atoms with Crippen LogP contribution in [0.3, 0.4) is 0 Å². The van der Waals surface area contributed by atoms with E-state index in [0.717, 1.165) is 12.8 Å². The van der Waals surface area contributed by atoms with Gasteiger partial charge in [-0.15, -0.1) is 0 Å². The van der Waals surface area contributed by atoms with Gasteiger partial charge in [0.1, 0.15) is 0 Å². The van der Waals surface area contributed by atoms with Crippen LogP contribution >= 0.6 is 0 Å². The summed E-state index contributed by atoms with van der Waals surface area (Å²) in [6.45, 7) is 6.54. The molecule has 0 spiro atoms. The van der Waals surface area contributed by atoms with Crippen LogP contribution < -0.4 is 10.9 Å². The Kier molecular flexibility index (Phi) is 3.96. The van der Waals surface area contributed by atoms with Gasteiger partial charge in [0, 0.05) is 12.7 Å². The van der Waals surface area contributed by atoms with Crippen molar-refractivity contribution in [2.24, 2.45) is 0 Å². The lowest BCUT2D eigenvalue weighted by Gasteiger charge is -2.17. The number of hydrogen-bond acceptors (Lipinski definition) is 2. The monoisotopic (exact) mass is 192 g/mol. The molecule has 2 heteroatoms. The van der Waals surface area contributed by atoms with Gasteiger partial charge in [0.2, 0.25) is 0 Å². The molecule has 0 radical (unpaired) electrons. The third kappa shape index (κ3) is 2.74. The average molecular weight is 192 g/mol. The Hall–Kier alpha value is -1.02. The zero-order chi connectivity index (χ0) is 10.6. The van der Waals surface area contributed by atoms with Crippen LogP contribution in [0.4, 0.5) is 0 Å². The van der Waals surface area contributed by atoms with Gasteiger partial charge in [-0.2, -0.15) is 0 Å². The zero-order valence-electron chi connectivity index (χ0n) is 9.57. The summed E-state index contributed by atoms with van der Waals surface area (Å²) in [7, 11) is 1.89. The van der Waals surface area contributed by atoms with Crippen molar-refractivity contribution in [3.8, 4) is 0 Å². The summed E-state index contributed by atoms with van der Waals surface area (Å²) in [5.74, 6) is 0. The third-order valence-corrected chi connectivity index (χ3v) is 2.67. The Morgan fingerprint density at radius 3 is 2.29 bits per heavy atom. The predicted molar refractivity (Wildman–Crippen MR) is 61.6 cm³/mol. The smallest absolute Gasteiger partial charge is 0.0265 e. The van der Waals surface area contributed by atoms with Gasteiger partial charge in [-0.1, -0.05) is 11.6 Å². The van der Waals surface area contributed by atoms with Gasteiger partial charge in [-0.25, -0.2) is 5.43 Å². The van der Waals surface area contributed by atoms with Crippen molar-refractivity contribution in [1.82, 2.24) is 10.9 Å². The van der Waals surface area contributed by atoms with Gasteiger partial charge >= 0.3 is 0 Å². The molecule has 0 saturated carbocycles. The number of allylic oxidation sites excluding steroid dienone is 6. The highest BCUT2D eigenvalue weighted by molar-refractivity contribution is 5.38. The summed E-state index contributed by atoms with van der Waals surface area (Å²) in [5.41, 5.74) is 11.6. The Morgan fingerprint density at radius 2 is 1.86 bits per heavy atom. The molecule has 2 nitrogen and oxygen atoms in total. The molecule has 14 heavy (non-hydrogen) atoms. The number of hydrogen-bond donors (Lipinski definition) is 2. The maximum atomic E-state index is 3.12. The van der Waals surface area contributed by atoms with E-state index in [0.29, 0.717) is 0 Å². The van der Waals surface area contributed by atoms with Crippen molar-refractivity contribution < 1.29 is 0 Å². The van der Waals surface area contributed by atoms with Crippen LogP contribution in [-0.2, 0) is 0 Å². The summed E-state index contributed by atoms with van der Waals surface area (Å²) in [6.07, 6.45) is 6.60. The predicted octanol–water partition coefficient (Wildman–Crippen LogP) is 2.67. The number of nitrogens with one attached hydrogen (secondary N) is 2. The second-order valence-corrected chi connectivity index (χ2v) is 3.88. The Bertz CT molecular complexity index is 291. The normalized spacial score (nSPS) is 15.7. The van der Waals surface area contributed by atoms with Crippen molar-refractivity contribution in [3.05, 3.63) is 34.6 Å². The minimum atomic E-state index is 1.09. The Balaban J connectivity index is 2.74. The first kappa shape index (κ1) is 11.1. The molecule has 0 saturated heterocycles. The molecule has 0 unspecified atom stereocenters. The molecule has 0 heterocycles. The molecular formula is C12H20N2. The van der Waals surface area contributed by atoms with Crippen molar-refractivity contribution in [2.75, 3.05) is 7.05 Å². The van der Waals surface area contributed by atoms with E-state index < -0.39 is 0 Å². The van der Waals surface area contributed by atoms with E-state index in [2.05, 4.69) is 43.8 Å². The topological polar surface area (TPSA) is 24.1 Å². The van der Waals surface area contributed by atoms with Gasteiger partial charge in [-0.05, 0) is 50.8 Å². The van der Waals surface area contributed by atoms with Gasteiger partial charge in [0.15, 0.2) is 0 Å². The molecule has 0 aliphatic heterocycles. The minimum Gasteiger partial charge on any atom is -0.326 e. The molecule has 0 aromatic carbocycles.